The van der Waals surface area contributed by atoms with Gasteiger partial charge in [0.15, 0.2) is 0 Å². The number of hydrogen-bond acceptors (Lipinski definition) is 5. The van der Waals surface area contributed by atoms with Crippen molar-refractivity contribution in [3.63, 3.8) is 0 Å². The number of carbonyl (C=O) groups is 3. The molecule has 8 nitrogen and oxygen atoms in total. The van der Waals surface area contributed by atoms with Crippen LogP contribution in [0.5, 0.6) is 0 Å². The van der Waals surface area contributed by atoms with Crippen molar-refractivity contribution in [3.05, 3.63) is 0 Å². The number of likely N-dealkylation sites (tertiary alicyclic amines) is 1. The van der Waals surface area contributed by atoms with Crippen LogP contribution in [-0.2, 0) is 14.4 Å². The van der Waals surface area contributed by atoms with E-state index in [0.29, 0.717) is 38.8 Å². The van der Waals surface area contributed by atoms with Crippen molar-refractivity contribution in [2.75, 3.05) is 19.6 Å². The van der Waals surface area contributed by atoms with E-state index in [1.807, 2.05) is 0 Å². The molecule has 0 aromatic rings. The molecule has 0 aromatic carbocycles. The molecule has 2 unspecified atom stereocenters. The maximum Gasteiger partial charge on any atom is 0.326 e. The third kappa shape index (κ3) is 4.98. The minimum Gasteiger partial charge on any atom is -0.480 e. The van der Waals surface area contributed by atoms with Gasteiger partial charge in [-0.25, -0.2) is 4.79 Å². The van der Waals surface area contributed by atoms with Gasteiger partial charge in [0, 0.05) is 6.54 Å². The fraction of sp³-hybridized carbons (Fsp3) is 0.769. The van der Waals surface area contributed by atoms with Crippen LogP contribution in [0.3, 0.4) is 0 Å². The molecule has 1 fully saturated rings. The normalized spacial score (nSPS) is 19.3. The minimum atomic E-state index is -1.01. The Balaban J connectivity index is 2.72. The highest BCUT2D eigenvalue weighted by atomic mass is 16.4. The van der Waals surface area contributed by atoms with Gasteiger partial charge >= 0.3 is 5.97 Å². The number of aliphatic carboxylic acids is 1. The van der Waals surface area contributed by atoms with Crippen LogP contribution in [0.25, 0.3) is 0 Å². The molecule has 0 radical (unpaired) electrons. The Kier molecular flexibility index (Phi) is 7.10. The number of nitrogens with two attached hydrogens (primary N) is 2. The average Bonchev–Trinajstić information content (AvgIpc) is 2.95. The van der Waals surface area contributed by atoms with Crippen LogP contribution in [-0.4, -0.2) is 59.5 Å². The van der Waals surface area contributed by atoms with Crippen molar-refractivity contribution >= 4 is 17.8 Å². The van der Waals surface area contributed by atoms with Crippen molar-refractivity contribution in [1.29, 1.82) is 0 Å². The lowest BCUT2D eigenvalue weighted by Gasteiger charge is -2.27. The van der Waals surface area contributed by atoms with Gasteiger partial charge in [-0.2, -0.15) is 0 Å². The average molecular weight is 300 g/mol. The van der Waals surface area contributed by atoms with Crippen molar-refractivity contribution in [1.82, 2.24) is 10.2 Å². The quantitative estimate of drug-likeness (QED) is 0.408. The third-order valence-corrected chi connectivity index (χ3v) is 3.59. The van der Waals surface area contributed by atoms with Gasteiger partial charge in [0.25, 0.3) is 0 Å². The van der Waals surface area contributed by atoms with E-state index in [-0.39, 0.29) is 12.5 Å². The molecular formula is C13H24N4O4. The van der Waals surface area contributed by atoms with Crippen LogP contribution >= 0.6 is 0 Å². The monoisotopic (exact) mass is 300 g/mol. The van der Waals surface area contributed by atoms with Crippen LogP contribution in [0, 0.1) is 0 Å². The van der Waals surface area contributed by atoms with Crippen molar-refractivity contribution in [2.45, 2.75) is 44.2 Å². The van der Waals surface area contributed by atoms with Gasteiger partial charge in [-0.3, -0.25) is 9.59 Å². The number of nitrogens with zero attached hydrogens (tertiary/aromatic N) is 1. The molecule has 1 aliphatic rings. The molecule has 2 amide bonds. The second-order valence-corrected chi connectivity index (χ2v) is 5.14. The highest BCUT2D eigenvalue weighted by Gasteiger charge is 2.37. The topological polar surface area (TPSA) is 139 Å². The van der Waals surface area contributed by atoms with Gasteiger partial charge in [0.1, 0.15) is 12.1 Å². The lowest BCUT2D eigenvalue weighted by Crippen LogP contribution is -2.52. The van der Waals surface area contributed by atoms with E-state index in [9.17, 15) is 14.4 Å². The Bertz CT molecular complexity index is 388. The van der Waals surface area contributed by atoms with Crippen LogP contribution in [0.15, 0.2) is 0 Å². The summed E-state index contributed by atoms with van der Waals surface area (Å²) < 4.78 is 0. The Morgan fingerprint density at radius 1 is 1.29 bits per heavy atom. The molecule has 0 aromatic heterocycles. The lowest BCUT2D eigenvalue weighted by molar-refractivity contribution is -0.149. The van der Waals surface area contributed by atoms with Crippen molar-refractivity contribution < 1.29 is 19.5 Å². The first kappa shape index (κ1) is 17.4. The predicted molar refractivity (Wildman–Crippen MR) is 76.3 cm³/mol. The third-order valence-electron chi connectivity index (χ3n) is 3.59. The van der Waals surface area contributed by atoms with Crippen LogP contribution in [0.1, 0.15) is 32.1 Å². The maximum absolute atomic E-state index is 12.5. The highest BCUT2D eigenvalue weighted by Crippen LogP contribution is 2.19. The van der Waals surface area contributed by atoms with E-state index < -0.39 is 24.0 Å². The van der Waals surface area contributed by atoms with E-state index in [4.69, 9.17) is 16.6 Å². The largest absolute Gasteiger partial charge is 0.480 e. The number of carbonyl (C=O) groups excluding carboxylic acids is 2. The highest BCUT2D eigenvalue weighted by molar-refractivity contribution is 5.91. The molecule has 21 heavy (non-hydrogen) atoms. The zero-order valence-electron chi connectivity index (χ0n) is 12.1. The summed E-state index contributed by atoms with van der Waals surface area (Å²) in [6, 6.07) is -1.53. The first-order valence-electron chi connectivity index (χ1n) is 7.24. The van der Waals surface area contributed by atoms with E-state index in [1.165, 1.54) is 4.90 Å². The summed E-state index contributed by atoms with van der Waals surface area (Å²) in [4.78, 5) is 36.4. The second-order valence-electron chi connectivity index (χ2n) is 5.14. The molecule has 1 aliphatic heterocycles. The molecule has 1 heterocycles. The molecule has 6 N–H and O–H groups in total. The van der Waals surface area contributed by atoms with Crippen LogP contribution in [0.2, 0.25) is 0 Å². The molecule has 1 rings (SSSR count). The van der Waals surface area contributed by atoms with Gasteiger partial charge in [0.05, 0.1) is 6.54 Å². The molecule has 0 spiro atoms. The Morgan fingerprint density at radius 2 is 2.00 bits per heavy atom. The summed E-state index contributed by atoms with van der Waals surface area (Å²) in [7, 11) is 0. The molecular weight excluding hydrogens is 276 g/mol. The summed E-state index contributed by atoms with van der Waals surface area (Å²) in [6.07, 6.45) is 2.96. The van der Waals surface area contributed by atoms with E-state index in [0.717, 1.165) is 6.42 Å². The Hall–Kier alpha value is -1.67. The SMILES string of the molecule is NCCCCC(NC(=O)CN)C(=O)N1CCCC1C(=O)O. The molecule has 120 valence electrons. The zero-order chi connectivity index (χ0) is 15.8. The summed E-state index contributed by atoms with van der Waals surface area (Å²) >= 11 is 0. The lowest BCUT2D eigenvalue weighted by atomic mass is 10.1. The van der Waals surface area contributed by atoms with Gasteiger partial charge < -0.3 is 26.8 Å². The molecule has 0 bridgehead atoms. The van der Waals surface area contributed by atoms with Crippen molar-refractivity contribution in [3.8, 4) is 0 Å². The fourth-order valence-corrected chi connectivity index (χ4v) is 2.49. The molecule has 1 saturated heterocycles. The summed E-state index contributed by atoms with van der Waals surface area (Å²) in [5, 5.41) is 11.7. The number of unbranched alkanes of at least 4 members (excludes halogenated alkanes) is 1. The van der Waals surface area contributed by atoms with E-state index in [1.54, 1.807) is 0 Å². The summed E-state index contributed by atoms with van der Waals surface area (Å²) in [5.41, 5.74) is 10.7. The minimum absolute atomic E-state index is 0.205. The summed E-state index contributed by atoms with van der Waals surface area (Å²) in [6.45, 7) is 0.706. The van der Waals surface area contributed by atoms with Crippen molar-refractivity contribution in [2.24, 2.45) is 11.5 Å². The molecule has 0 saturated carbocycles. The standard InChI is InChI=1S/C13H24N4O4/c14-6-2-1-4-9(16-11(18)8-15)12(19)17-7-3-5-10(17)13(20)21/h9-10H,1-8,14-15H2,(H,16,18)(H,20,21). The summed E-state index contributed by atoms with van der Waals surface area (Å²) in [5.74, 6) is -1.78. The Labute approximate surface area is 123 Å². The Morgan fingerprint density at radius 3 is 2.57 bits per heavy atom. The molecule has 0 aliphatic carbocycles. The number of hydrogen-bond donors (Lipinski definition) is 4. The molecule has 2 atom stereocenters. The number of carboxylic acids is 1. The van der Waals surface area contributed by atoms with Gasteiger partial charge in [-0.15, -0.1) is 0 Å². The van der Waals surface area contributed by atoms with Gasteiger partial charge in [-0.1, -0.05) is 0 Å². The first-order valence-corrected chi connectivity index (χ1v) is 7.24. The van der Waals surface area contributed by atoms with Gasteiger partial charge in [-0.05, 0) is 38.6 Å². The zero-order valence-corrected chi connectivity index (χ0v) is 12.1. The number of amides is 2. The fourth-order valence-electron chi connectivity index (χ4n) is 2.49. The van der Waals surface area contributed by atoms with Crippen LogP contribution in [0.4, 0.5) is 0 Å². The number of nitrogens with one attached hydrogen (secondary N) is 1. The van der Waals surface area contributed by atoms with Crippen LogP contribution < -0.4 is 16.8 Å². The maximum atomic E-state index is 12.5. The number of rotatable bonds is 8. The predicted octanol–water partition coefficient (Wildman–Crippen LogP) is -1.37. The second kappa shape index (κ2) is 8.58. The number of carboxylic acid groups (broad SMARTS) is 1. The van der Waals surface area contributed by atoms with Gasteiger partial charge in [0.2, 0.25) is 11.8 Å². The van der Waals surface area contributed by atoms with E-state index in [2.05, 4.69) is 5.32 Å². The molecule has 8 heteroatoms. The first-order chi connectivity index (χ1) is 10.0. The smallest absolute Gasteiger partial charge is 0.326 e. The van der Waals surface area contributed by atoms with E-state index >= 15 is 0 Å².